The number of hydrogen-bond donors (Lipinski definition) is 3. The molecule has 0 aromatic heterocycles. The zero-order valence-corrected chi connectivity index (χ0v) is 15.2. The predicted octanol–water partition coefficient (Wildman–Crippen LogP) is -0.923. The molecule has 0 aromatic rings. The molecule has 1 saturated heterocycles. The molecule has 1 fully saturated rings. The fourth-order valence-corrected chi connectivity index (χ4v) is 4.51. The maximum atomic E-state index is 12.3. The Morgan fingerprint density at radius 2 is 2.08 bits per heavy atom. The molecule has 11 nitrogen and oxygen atoms in total. The molecule has 2 amide bonds. The lowest BCUT2D eigenvalue weighted by Crippen LogP contribution is -2.62. The second-order valence-corrected chi connectivity index (χ2v) is 8.02. The lowest BCUT2D eigenvalue weighted by Gasteiger charge is -2.45. The van der Waals surface area contributed by atoms with Gasteiger partial charge in [-0.25, -0.2) is 13.2 Å². The molecule has 0 saturated carbocycles. The summed E-state index contributed by atoms with van der Waals surface area (Å²) < 4.78 is 47.1. The van der Waals surface area contributed by atoms with Gasteiger partial charge in [-0.2, -0.15) is 8.42 Å². The van der Waals surface area contributed by atoms with Gasteiger partial charge in [0.1, 0.15) is 5.70 Å². The van der Waals surface area contributed by atoms with E-state index in [2.05, 4.69) is 9.50 Å². The minimum absolute atomic E-state index is 0.0426. The Morgan fingerprint density at radius 3 is 2.58 bits per heavy atom. The van der Waals surface area contributed by atoms with Crippen molar-refractivity contribution in [2.45, 2.75) is 32.4 Å². The molecule has 0 unspecified atom stereocenters. The van der Waals surface area contributed by atoms with E-state index in [1.54, 1.807) is 0 Å². The molecule has 144 valence electrons. The Morgan fingerprint density at radius 1 is 1.46 bits per heavy atom. The van der Waals surface area contributed by atoms with Crippen molar-refractivity contribution < 1.29 is 40.9 Å². The average Bonchev–Trinajstić information content (AvgIpc) is 2.80. The molecule has 0 radical (unpaired) electrons. The highest BCUT2D eigenvalue weighted by Gasteiger charge is 2.58. The molecule has 4 atom stereocenters. The largest absolute Gasteiger partial charge is 0.477 e. The van der Waals surface area contributed by atoms with Gasteiger partial charge in [0.05, 0.1) is 33.8 Å². The van der Waals surface area contributed by atoms with Crippen LogP contribution >= 0.6 is 0 Å². The topological polar surface area (TPSA) is 167 Å². The molecule has 3 N–H and O–H groups in total. The van der Waals surface area contributed by atoms with E-state index in [0.29, 0.717) is 0 Å². The van der Waals surface area contributed by atoms with Gasteiger partial charge in [-0.05, 0) is 6.92 Å². The standard InChI is InChI=1S/C13H16N2O9S2/c1-6(24-26(21,22)23)10-8-5-9(25(20)4-3-14-7(2)16)11(13(18)19)15(8)12(10)17/h3-4,6,8,10H,5H2,1-2H3,(H,14,16)(H,18,19)(H,21,22,23)/t6-,8-,10-,25+/m0/s1. The van der Waals surface area contributed by atoms with Gasteiger partial charge in [-0.3, -0.25) is 14.1 Å². The van der Waals surface area contributed by atoms with Crippen LogP contribution in [0.2, 0.25) is 0 Å². The highest BCUT2D eigenvalue weighted by Crippen LogP contribution is 2.45. The van der Waals surface area contributed by atoms with Crippen LogP contribution in [0.25, 0.3) is 0 Å². The van der Waals surface area contributed by atoms with E-state index in [1.807, 2.05) is 0 Å². The monoisotopic (exact) mass is 408 g/mol. The number of hydrogen-bond acceptors (Lipinski definition) is 7. The number of carbonyl (C=O) groups excluding carboxylic acids is 2. The minimum Gasteiger partial charge on any atom is -0.477 e. The number of carbonyl (C=O) groups is 3. The van der Waals surface area contributed by atoms with Gasteiger partial charge in [0, 0.05) is 25.0 Å². The van der Waals surface area contributed by atoms with Crippen molar-refractivity contribution in [2.24, 2.45) is 5.92 Å². The van der Waals surface area contributed by atoms with E-state index in [1.165, 1.54) is 13.8 Å². The SMILES string of the molecule is CC(=O)NC=C[S@@](=O)C1=C(C(=O)O)N2C(=O)[C@@H]([C@H](C)OS(=O)(=O)O)[C@@H]2C1. The molecule has 0 bridgehead atoms. The summed E-state index contributed by atoms with van der Waals surface area (Å²) in [7, 11) is -6.71. The fraction of sp³-hybridized carbons (Fsp3) is 0.462. The Balaban J connectivity index is 2.24. The fourth-order valence-electron chi connectivity index (χ4n) is 2.94. The summed E-state index contributed by atoms with van der Waals surface area (Å²) in [4.78, 5) is 35.4. The van der Waals surface area contributed by atoms with Crippen molar-refractivity contribution in [3.63, 3.8) is 0 Å². The summed E-state index contributed by atoms with van der Waals surface area (Å²) >= 11 is 0. The van der Waals surface area contributed by atoms with Crippen LogP contribution in [0, 0.1) is 5.92 Å². The molecule has 2 aliphatic heterocycles. The third kappa shape index (κ3) is 4.00. The first-order valence-corrected chi connectivity index (χ1v) is 9.81. The van der Waals surface area contributed by atoms with Gasteiger partial charge >= 0.3 is 16.4 Å². The molecule has 0 aromatic carbocycles. The van der Waals surface area contributed by atoms with Gasteiger partial charge in [0.15, 0.2) is 0 Å². The van der Waals surface area contributed by atoms with Crippen LogP contribution in [-0.2, 0) is 39.8 Å². The van der Waals surface area contributed by atoms with E-state index < -0.39 is 62.7 Å². The van der Waals surface area contributed by atoms with Gasteiger partial charge in [-0.1, -0.05) is 0 Å². The summed E-state index contributed by atoms with van der Waals surface area (Å²) in [6, 6.07) is -0.751. The number of β-lactam (4-membered cyclic amide) rings is 1. The number of fused-ring (bicyclic) bond motifs is 1. The third-order valence-electron chi connectivity index (χ3n) is 3.87. The van der Waals surface area contributed by atoms with Crippen molar-refractivity contribution in [3.8, 4) is 0 Å². The van der Waals surface area contributed by atoms with Gasteiger partial charge in [0.2, 0.25) is 11.8 Å². The molecule has 13 heteroatoms. The normalized spacial score (nSPS) is 25.0. The van der Waals surface area contributed by atoms with Crippen LogP contribution in [0.4, 0.5) is 0 Å². The Hall–Kier alpha value is -2.09. The second-order valence-electron chi connectivity index (χ2n) is 5.61. The summed E-state index contributed by atoms with van der Waals surface area (Å²) in [6.45, 7) is 2.48. The minimum atomic E-state index is -4.79. The van der Waals surface area contributed by atoms with E-state index in [4.69, 9.17) is 4.55 Å². The number of amides is 2. The lowest BCUT2D eigenvalue weighted by atomic mass is 9.83. The summed E-state index contributed by atoms with van der Waals surface area (Å²) in [5.74, 6) is -3.59. The highest BCUT2D eigenvalue weighted by atomic mass is 32.3. The van der Waals surface area contributed by atoms with Crippen molar-refractivity contribution in [1.29, 1.82) is 0 Å². The molecule has 2 heterocycles. The van der Waals surface area contributed by atoms with Crippen LogP contribution in [-0.4, -0.2) is 57.1 Å². The summed E-state index contributed by atoms with van der Waals surface area (Å²) in [5.41, 5.74) is -0.443. The van der Waals surface area contributed by atoms with Gasteiger partial charge in [-0.15, -0.1) is 0 Å². The molecule has 2 aliphatic rings. The van der Waals surface area contributed by atoms with E-state index >= 15 is 0 Å². The van der Waals surface area contributed by atoms with E-state index in [0.717, 1.165) is 16.5 Å². The predicted molar refractivity (Wildman–Crippen MR) is 86.6 cm³/mol. The molecule has 26 heavy (non-hydrogen) atoms. The molecule has 0 spiro atoms. The van der Waals surface area contributed by atoms with Gasteiger partial charge < -0.3 is 15.3 Å². The van der Waals surface area contributed by atoms with Crippen LogP contribution < -0.4 is 5.32 Å². The quantitative estimate of drug-likeness (QED) is 0.356. The molecular formula is C13H16N2O9S2. The van der Waals surface area contributed by atoms with E-state index in [9.17, 15) is 32.1 Å². The Kier molecular flexibility index (Phi) is 5.65. The van der Waals surface area contributed by atoms with Crippen molar-refractivity contribution in [1.82, 2.24) is 10.2 Å². The molecular weight excluding hydrogens is 392 g/mol. The summed E-state index contributed by atoms with van der Waals surface area (Å²) in [6.07, 6.45) is -0.200. The van der Waals surface area contributed by atoms with Gasteiger partial charge in [0.25, 0.3) is 0 Å². The summed E-state index contributed by atoms with van der Waals surface area (Å²) in [5, 5.41) is 12.7. The second kappa shape index (κ2) is 7.26. The molecule has 2 rings (SSSR count). The number of nitrogens with one attached hydrogen (secondary N) is 1. The zero-order valence-electron chi connectivity index (χ0n) is 13.6. The number of nitrogens with zero attached hydrogens (tertiary/aromatic N) is 1. The van der Waals surface area contributed by atoms with Crippen molar-refractivity contribution in [3.05, 3.63) is 22.2 Å². The first-order chi connectivity index (χ1) is 11.9. The third-order valence-corrected chi connectivity index (χ3v) is 5.65. The van der Waals surface area contributed by atoms with E-state index in [-0.39, 0.29) is 11.3 Å². The number of aliphatic carboxylic acids is 1. The first kappa shape index (κ1) is 20.2. The Bertz CT molecular complexity index is 846. The lowest BCUT2D eigenvalue weighted by molar-refractivity contribution is -0.160. The van der Waals surface area contributed by atoms with Crippen LogP contribution in [0.15, 0.2) is 22.2 Å². The van der Waals surface area contributed by atoms with Crippen LogP contribution in [0.5, 0.6) is 0 Å². The maximum Gasteiger partial charge on any atom is 0.397 e. The van der Waals surface area contributed by atoms with Crippen molar-refractivity contribution >= 4 is 39.0 Å². The number of rotatable bonds is 7. The Labute approximate surface area is 151 Å². The van der Waals surface area contributed by atoms with Crippen LogP contribution in [0.3, 0.4) is 0 Å². The first-order valence-electron chi connectivity index (χ1n) is 7.23. The average molecular weight is 408 g/mol. The number of carboxylic acid groups (broad SMARTS) is 1. The maximum absolute atomic E-state index is 12.3. The zero-order chi connectivity index (χ0) is 19.8. The smallest absolute Gasteiger partial charge is 0.397 e. The highest BCUT2D eigenvalue weighted by molar-refractivity contribution is 7.91. The molecule has 0 aliphatic carbocycles. The van der Waals surface area contributed by atoms with Crippen molar-refractivity contribution in [2.75, 3.05) is 0 Å². The number of carboxylic acids is 1. The van der Waals surface area contributed by atoms with Crippen LogP contribution in [0.1, 0.15) is 20.3 Å².